The number of aromatic hydroxyl groups is 1. The van der Waals surface area contributed by atoms with Gasteiger partial charge in [0.1, 0.15) is 11.9 Å². The lowest BCUT2D eigenvalue weighted by Gasteiger charge is -2.26. The van der Waals surface area contributed by atoms with Gasteiger partial charge in [0.25, 0.3) is 0 Å². The highest BCUT2D eigenvalue weighted by Gasteiger charge is 2.29. The lowest BCUT2D eigenvalue weighted by atomic mass is 10.0. The van der Waals surface area contributed by atoms with Crippen LogP contribution in [0, 0.1) is 0 Å². The smallest absolute Gasteiger partial charge is 0.412 e. The van der Waals surface area contributed by atoms with Crippen molar-refractivity contribution in [3.63, 3.8) is 0 Å². The largest absolute Gasteiger partial charge is 0.508 e. The molecule has 0 aliphatic heterocycles. The van der Waals surface area contributed by atoms with E-state index in [0.29, 0.717) is 11.3 Å². The summed E-state index contributed by atoms with van der Waals surface area (Å²) < 4.78 is 11.6. The number of amides is 1. The highest BCUT2D eigenvalue weighted by molar-refractivity contribution is 9.10. The van der Waals surface area contributed by atoms with Gasteiger partial charge in [-0.05, 0) is 30.3 Å². The van der Waals surface area contributed by atoms with E-state index < -0.39 is 18.3 Å². The number of rotatable bonds is 7. The number of benzene rings is 2. The van der Waals surface area contributed by atoms with Crippen LogP contribution >= 0.6 is 15.9 Å². The number of phenolic OH excluding ortho intramolecular Hbond substituents is 1. The van der Waals surface area contributed by atoms with Crippen molar-refractivity contribution in [2.24, 2.45) is 0 Å². The minimum atomic E-state index is -0.890. The molecule has 7 heteroatoms. The van der Waals surface area contributed by atoms with Crippen molar-refractivity contribution in [2.45, 2.75) is 18.6 Å². The summed E-state index contributed by atoms with van der Waals surface area (Å²) in [7, 11) is 1.46. The van der Waals surface area contributed by atoms with Gasteiger partial charge in [0.2, 0.25) is 0 Å². The third kappa shape index (κ3) is 5.45. The Hall–Kier alpha value is -2.09. The molecule has 0 fully saturated rings. The van der Waals surface area contributed by atoms with Crippen LogP contribution in [0.3, 0.4) is 0 Å². The topological polar surface area (TPSA) is 88.0 Å². The highest BCUT2D eigenvalue weighted by Crippen LogP contribution is 2.34. The van der Waals surface area contributed by atoms with Crippen molar-refractivity contribution < 1.29 is 24.5 Å². The van der Waals surface area contributed by atoms with E-state index in [1.165, 1.54) is 13.2 Å². The van der Waals surface area contributed by atoms with E-state index in [9.17, 15) is 15.0 Å². The summed E-state index contributed by atoms with van der Waals surface area (Å²) in [6.45, 7) is -0.145. The van der Waals surface area contributed by atoms with E-state index in [2.05, 4.69) is 21.2 Å². The van der Waals surface area contributed by atoms with Crippen LogP contribution in [-0.2, 0) is 9.47 Å². The zero-order valence-electron chi connectivity index (χ0n) is 13.7. The van der Waals surface area contributed by atoms with E-state index >= 15 is 0 Å². The zero-order chi connectivity index (χ0) is 18.2. The zero-order valence-corrected chi connectivity index (χ0v) is 15.3. The SMILES string of the molecule is CO[C@H](CCO)[C@H](OC(=O)Nc1ccccc1)c1cc(Br)ccc1O. The van der Waals surface area contributed by atoms with Crippen LogP contribution in [0.15, 0.2) is 53.0 Å². The molecule has 0 spiro atoms. The Bertz CT molecular complexity index is 695. The number of carbonyl (C=O) groups excluding carboxylic acids is 1. The molecule has 0 unspecified atom stereocenters. The van der Waals surface area contributed by atoms with Gasteiger partial charge in [0.15, 0.2) is 6.10 Å². The van der Waals surface area contributed by atoms with Gasteiger partial charge in [-0.25, -0.2) is 4.79 Å². The normalized spacial score (nSPS) is 13.1. The lowest BCUT2D eigenvalue weighted by molar-refractivity contribution is -0.0314. The molecule has 0 bridgehead atoms. The fourth-order valence-corrected chi connectivity index (χ4v) is 2.78. The molecule has 2 atom stereocenters. The molecule has 6 nitrogen and oxygen atoms in total. The first kappa shape index (κ1) is 19.2. The summed E-state index contributed by atoms with van der Waals surface area (Å²) >= 11 is 3.34. The molecule has 134 valence electrons. The molecule has 2 aromatic rings. The van der Waals surface area contributed by atoms with Crippen LogP contribution in [0.5, 0.6) is 5.75 Å². The summed E-state index contributed by atoms with van der Waals surface area (Å²) in [6.07, 6.45) is -1.95. The van der Waals surface area contributed by atoms with Crippen LogP contribution in [0.1, 0.15) is 18.1 Å². The minimum Gasteiger partial charge on any atom is -0.508 e. The quantitative estimate of drug-likeness (QED) is 0.646. The molecular formula is C18H20BrNO5. The fraction of sp³-hybridized carbons (Fsp3) is 0.278. The third-order valence-corrected chi connectivity index (χ3v) is 4.10. The van der Waals surface area contributed by atoms with Crippen molar-refractivity contribution in [3.05, 3.63) is 58.6 Å². The number of nitrogens with one attached hydrogen (secondary N) is 1. The van der Waals surface area contributed by atoms with E-state index in [1.807, 2.05) is 6.07 Å². The number of hydrogen-bond acceptors (Lipinski definition) is 5. The van der Waals surface area contributed by atoms with E-state index in [-0.39, 0.29) is 18.8 Å². The van der Waals surface area contributed by atoms with Crippen LogP contribution < -0.4 is 5.32 Å². The summed E-state index contributed by atoms with van der Waals surface area (Å²) in [6, 6.07) is 13.7. The molecule has 2 rings (SSSR count). The predicted octanol–water partition coefficient (Wildman–Crippen LogP) is 3.84. The minimum absolute atomic E-state index is 0.0271. The van der Waals surface area contributed by atoms with Gasteiger partial charge >= 0.3 is 6.09 Å². The molecule has 3 N–H and O–H groups in total. The van der Waals surface area contributed by atoms with E-state index in [1.54, 1.807) is 36.4 Å². The molecule has 0 radical (unpaired) electrons. The number of phenols is 1. The second kappa shape index (κ2) is 9.41. The Morgan fingerprint density at radius 2 is 1.96 bits per heavy atom. The predicted molar refractivity (Wildman–Crippen MR) is 97.6 cm³/mol. The molecule has 2 aromatic carbocycles. The second-order valence-electron chi connectivity index (χ2n) is 5.31. The third-order valence-electron chi connectivity index (χ3n) is 3.60. The van der Waals surface area contributed by atoms with Gasteiger partial charge in [-0.2, -0.15) is 0 Å². The first-order valence-electron chi connectivity index (χ1n) is 7.70. The number of ether oxygens (including phenoxy) is 2. The average molecular weight is 410 g/mol. The van der Waals surface area contributed by atoms with Crippen molar-refractivity contribution in [1.29, 1.82) is 0 Å². The van der Waals surface area contributed by atoms with Crippen molar-refractivity contribution in [1.82, 2.24) is 0 Å². The Labute approximate surface area is 154 Å². The van der Waals surface area contributed by atoms with Gasteiger partial charge < -0.3 is 19.7 Å². The maximum absolute atomic E-state index is 12.3. The maximum atomic E-state index is 12.3. The summed E-state index contributed by atoms with van der Waals surface area (Å²) in [5.74, 6) is -0.0271. The summed E-state index contributed by atoms with van der Waals surface area (Å²) in [4.78, 5) is 12.3. The van der Waals surface area contributed by atoms with Crippen LogP contribution in [0.25, 0.3) is 0 Å². The van der Waals surface area contributed by atoms with E-state index in [0.717, 1.165) is 4.47 Å². The van der Waals surface area contributed by atoms with Crippen molar-refractivity contribution in [3.8, 4) is 5.75 Å². The van der Waals surface area contributed by atoms with Gasteiger partial charge in [-0.3, -0.25) is 5.32 Å². The van der Waals surface area contributed by atoms with Crippen LogP contribution in [0.2, 0.25) is 0 Å². The van der Waals surface area contributed by atoms with E-state index in [4.69, 9.17) is 9.47 Å². The molecule has 0 heterocycles. The molecule has 0 saturated heterocycles. The number of anilines is 1. The number of halogens is 1. The Morgan fingerprint density at radius 3 is 2.60 bits per heavy atom. The Balaban J connectivity index is 2.25. The first-order valence-corrected chi connectivity index (χ1v) is 8.49. The van der Waals surface area contributed by atoms with Crippen LogP contribution in [-0.4, -0.2) is 36.1 Å². The number of hydrogen-bond donors (Lipinski definition) is 3. The lowest BCUT2D eigenvalue weighted by Crippen LogP contribution is -2.29. The van der Waals surface area contributed by atoms with Crippen molar-refractivity contribution in [2.75, 3.05) is 19.0 Å². The van der Waals surface area contributed by atoms with Gasteiger partial charge in [0, 0.05) is 35.9 Å². The van der Waals surface area contributed by atoms with Crippen molar-refractivity contribution >= 4 is 27.7 Å². The average Bonchev–Trinajstić information content (AvgIpc) is 2.61. The number of aliphatic hydroxyl groups excluding tert-OH is 1. The Kier molecular flexibility index (Phi) is 7.24. The highest BCUT2D eigenvalue weighted by atomic mass is 79.9. The molecular weight excluding hydrogens is 390 g/mol. The fourth-order valence-electron chi connectivity index (χ4n) is 2.40. The van der Waals surface area contributed by atoms with Gasteiger partial charge in [-0.1, -0.05) is 34.1 Å². The number of para-hydroxylation sites is 1. The maximum Gasteiger partial charge on any atom is 0.412 e. The molecule has 0 aliphatic rings. The molecule has 1 amide bonds. The summed E-state index contributed by atoms with van der Waals surface area (Å²) in [5.41, 5.74) is 0.971. The molecule has 0 aliphatic carbocycles. The van der Waals surface area contributed by atoms with Crippen LogP contribution in [0.4, 0.5) is 10.5 Å². The second-order valence-corrected chi connectivity index (χ2v) is 6.22. The van der Waals surface area contributed by atoms with Gasteiger partial charge in [-0.15, -0.1) is 0 Å². The standard InChI is InChI=1S/C18H20BrNO5/c1-24-16(9-10-21)17(14-11-12(19)7-8-15(14)22)25-18(23)20-13-5-3-2-4-6-13/h2-8,11,16-17,21-22H,9-10H2,1H3,(H,20,23)/t16-,17-/m1/s1. The number of carbonyl (C=O) groups is 1. The molecule has 25 heavy (non-hydrogen) atoms. The first-order chi connectivity index (χ1) is 12.0. The number of aliphatic hydroxyl groups is 1. The van der Waals surface area contributed by atoms with Gasteiger partial charge in [0.05, 0.1) is 0 Å². The summed E-state index contributed by atoms with van der Waals surface area (Å²) in [5, 5.41) is 22.0. The molecule has 0 aromatic heterocycles. The molecule has 0 saturated carbocycles. The monoisotopic (exact) mass is 409 g/mol. The number of methoxy groups -OCH3 is 1. The Morgan fingerprint density at radius 1 is 1.24 bits per heavy atom.